The molecule has 0 bridgehead atoms. The molecule has 2 aliphatic rings. The van der Waals surface area contributed by atoms with Gasteiger partial charge < -0.3 is 10.6 Å². The van der Waals surface area contributed by atoms with Crippen LogP contribution in [0.25, 0.3) is 0 Å². The van der Waals surface area contributed by atoms with E-state index < -0.39 is 0 Å². The second kappa shape index (κ2) is 5.52. The predicted octanol–water partition coefficient (Wildman–Crippen LogP) is -0.109. The van der Waals surface area contributed by atoms with Gasteiger partial charge in [-0.25, -0.2) is 0 Å². The first-order chi connectivity index (χ1) is 8.22. The Labute approximate surface area is 103 Å². The van der Waals surface area contributed by atoms with Gasteiger partial charge in [-0.2, -0.15) is 0 Å². The van der Waals surface area contributed by atoms with Gasteiger partial charge in [0.25, 0.3) is 0 Å². The fourth-order valence-electron chi connectivity index (χ4n) is 2.79. The Kier molecular flexibility index (Phi) is 4.03. The van der Waals surface area contributed by atoms with Gasteiger partial charge in [-0.1, -0.05) is 12.3 Å². The zero-order valence-corrected chi connectivity index (χ0v) is 10.3. The van der Waals surface area contributed by atoms with Gasteiger partial charge >= 0.3 is 0 Å². The van der Waals surface area contributed by atoms with Crippen LogP contribution in [0.5, 0.6) is 0 Å². The molecule has 4 heteroatoms. The molecule has 2 rings (SSSR count). The van der Waals surface area contributed by atoms with E-state index in [4.69, 9.17) is 12.2 Å². The Morgan fingerprint density at radius 2 is 2.00 bits per heavy atom. The SMILES string of the molecule is C#CCN1CCN(C(=O)C2CCCC2N)CC1. The van der Waals surface area contributed by atoms with Gasteiger partial charge in [-0.3, -0.25) is 9.69 Å². The molecule has 1 saturated heterocycles. The molecule has 0 aromatic rings. The average molecular weight is 235 g/mol. The van der Waals surface area contributed by atoms with Gasteiger partial charge in [0.05, 0.1) is 12.5 Å². The minimum absolute atomic E-state index is 0.0641. The van der Waals surface area contributed by atoms with Crippen molar-refractivity contribution in [2.45, 2.75) is 25.3 Å². The summed E-state index contributed by atoms with van der Waals surface area (Å²) in [4.78, 5) is 16.4. The van der Waals surface area contributed by atoms with Crippen molar-refractivity contribution >= 4 is 5.91 Å². The maximum absolute atomic E-state index is 12.3. The van der Waals surface area contributed by atoms with Crippen molar-refractivity contribution in [2.24, 2.45) is 11.7 Å². The smallest absolute Gasteiger partial charge is 0.227 e. The molecule has 1 saturated carbocycles. The summed E-state index contributed by atoms with van der Waals surface area (Å²) in [6.45, 7) is 4.05. The average Bonchev–Trinajstić information content (AvgIpc) is 2.76. The number of nitrogens with zero attached hydrogens (tertiary/aromatic N) is 2. The van der Waals surface area contributed by atoms with Crippen LogP contribution in [0.1, 0.15) is 19.3 Å². The molecule has 0 aromatic carbocycles. The lowest BCUT2D eigenvalue weighted by atomic mass is 10.0. The van der Waals surface area contributed by atoms with E-state index >= 15 is 0 Å². The summed E-state index contributed by atoms with van der Waals surface area (Å²) in [7, 11) is 0. The first-order valence-corrected chi connectivity index (χ1v) is 6.42. The fourth-order valence-corrected chi connectivity index (χ4v) is 2.79. The standard InChI is InChI=1S/C13H21N3O/c1-2-6-15-7-9-16(10-8-15)13(17)11-4-3-5-12(11)14/h1,11-12H,3-10,14H2. The molecule has 2 atom stereocenters. The number of hydrogen-bond acceptors (Lipinski definition) is 3. The number of rotatable bonds is 2. The number of terminal acetylenes is 1. The highest BCUT2D eigenvalue weighted by Gasteiger charge is 2.34. The number of amides is 1. The van der Waals surface area contributed by atoms with Crippen LogP contribution in [0.4, 0.5) is 0 Å². The number of piperazine rings is 1. The van der Waals surface area contributed by atoms with Crippen molar-refractivity contribution < 1.29 is 4.79 Å². The van der Waals surface area contributed by atoms with E-state index in [0.717, 1.165) is 45.4 Å². The maximum atomic E-state index is 12.3. The molecule has 1 amide bonds. The van der Waals surface area contributed by atoms with Crippen LogP contribution in [0.2, 0.25) is 0 Å². The summed E-state index contributed by atoms with van der Waals surface area (Å²) in [5.41, 5.74) is 5.98. The van der Waals surface area contributed by atoms with Crippen molar-refractivity contribution in [3.63, 3.8) is 0 Å². The van der Waals surface area contributed by atoms with E-state index in [1.165, 1.54) is 0 Å². The number of carbonyl (C=O) groups is 1. The van der Waals surface area contributed by atoms with Crippen LogP contribution in [0.15, 0.2) is 0 Å². The monoisotopic (exact) mass is 235 g/mol. The molecular weight excluding hydrogens is 214 g/mol. The Bertz CT molecular complexity index is 315. The Hall–Kier alpha value is -1.05. The minimum atomic E-state index is 0.0641. The van der Waals surface area contributed by atoms with E-state index in [1.807, 2.05) is 4.90 Å². The first-order valence-electron chi connectivity index (χ1n) is 6.42. The minimum Gasteiger partial charge on any atom is -0.340 e. The van der Waals surface area contributed by atoms with Crippen LogP contribution in [-0.2, 0) is 4.79 Å². The third-order valence-electron chi connectivity index (χ3n) is 3.89. The molecule has 1 aliphatic carbocycles. The number of hydrogen-bond donors (Lipinski definition) is 1. The molecule has 1 heterocycles. The van der Waals surface area contributed by atoms with Crippen molar-refractivity contribution in [3.8, 4) is 12.3 Å². The van der Waals surface area contributed by atoms with Crippen molar-refractivity contribution in [2.75, 3.05) is 32.7 Å². The molecule has 0 radical (unpaired) electrons. The van der Waals surface area contributed by atoms with Crippen molar-refractivity contribution in [3.05, 3.63) is 0 Å². The molecule has 1 aliphatic heterocycles. The van der Waals surface area contributed by atoms with Crippen LogP contribution in [-0.4, -0.2) is 54.5 Å². The highest BCUT2D eigenvalue weighted by Crippen LogP contribution is 2.26. The second-order valence-corrected chi connectivity index (χ2v) is 5.01. The molecule has 2 fully saturated rings. The molecule has 17 heavy (non-hydrogen) atoms. The second-order valence-electron chi connectivity index (χ2n) is 5.01. The topological polar surface area (TPSA) is 49.6 Å². The maximum Gasteiger partial charge on any atom is 0.227 e. The zero-order chi connectivity index (χ0) is 12.3. The lowest BCUT2D eigenvalue weighted by molar-refractivity contribution is -0.137. The van der Waals surface area contributed by atoms with Crippen LogP contribution < -0.4 is 5.73 Å². The third kappa shape index (κ3) is 2.80. The van der Waals surface area contributed by atoms with E-state index in [9.17, 15) is 4.79 Å². The summed E-state index contributed by atoms with van der Waals surface area (Å²) in [6.07, 6.45) is 8.33. The molecule has 4 nitrogen and oxygen atoms in total. The highest BCUT2D eigenvalue weighted by atomic mass is 16.2. The van der Waals surface area contributed by atoms with Crippen LogP contribution in [0.3, 0.4) is 0 Å². The van der Waals surface area contributed by atoms with Gasteiger partial charge in [0.2, 0.25) is 5.91 Å². The van der Waals surface area contributed by atoms with Crippen molar-refractivity contribution in [1.82, 2.24) is 9.80 Å². The molecule has 2 N–H and O–H groups in total. The Morgan fingerprint density at radius 3 is 2.53 bits per heavy atom. The predicted molar refractivity (Wildman–Crippen MR) is 67.2 cm³/mol. The quantitative estimate of drug-likeness (QED) is 0.680. The summed E-state index contributed by atoms with van der Waals surface area (Å²) in [6, 6.07) is 0.0752. The Balaban J connectivity index is 1.84. The van der Waals surface area contributed by atoms with Crippen LogP contribution >= 0.6 is 0 Å². The first kappa shape index (κ1) is 12.4. The highest BCUT2D eigenvalue weighted by molar-refractivity contribution is 5.80. The van der Waals surface area contributed by atoms with Gasteiger partial charge in [0.1, 0.15) is 0 Å². The summed E-state index contributed by atoms with van der Waals surface area (Å²) < 4.78 is 0. The molecular formula is C13H21N3O. The van der Waals surface area contributed by atoms with E-state index in [1.54, 1.807) is 0 Å². The van der Waals surface area contributed by atoms with Gasteiger partial charge in [0, 0.05) is 32.2 Å². The lowest BCUT2D eigenvalue weighted by Gasteiger charge is -2.35. The summed E-state index contributed by atoms with van der Waals surface area (Å²) >= 11 is 0. The van der Waals surface area contributed by atoms with Gasteiger partial charge in [0.15, 0.2) is 0 Å². The summed E-state index contributed by atoms with van der Waals surface area (Å²) in [5, 5.41) is 0. The number of nitrogens with two attached hydrogens (primary N) is 1. The van der Waals surface area contributed by atoms with E-state index in [0.29, 0.717) is 6.54 Å². The fraction of sp³-hybridized carbons (Fsp3) is 0.769. The van der Waals surface area contributed by atoms with Crippen LogP contribution in [0, 0.1) is 18.3 Å². The normalized spacial score (nSPS) is 30.2. The van der Waals surface area contributed by atoms with Gasteiger partial charge in [-0.15, -0.1) is 6.42 Å². The molecule has 2 unspecified atom stereocenters. The third-order valence-corrected chi connectivity index (χ3v) is 3.89. The van der Waals surface area contributed by atoms with E-state index in [2.05, 4.69) is 10.8 Å². The summed E-state index contributed by atoms with van der Waals surface area (Å²) in [5.74, 6) is 2.97. The molecule has 0 spiro atoms. The zero-order valence-electron chi connectivity index (χ0n) is 10.3. The Morgan fingerprint density at radius 1 is 1.29 bits per heavy atom. The van der Waals surface area contributed by atoms with Crippen molar-refractivity contribution in [1.29, 1.82) is 0 Å². The largest absolute Gasteiger partial charge is 0.340 e. The number of carbonyl (C=O) groups excluding carboxylic acids is 1. The van der Waals surface area contributed by atoms with E-state index in [-0.39, 0.29) is 17.9 Å². The molecule has 0 aromatic heterocycles. The molecule has 94 valence electrons. The lowest BCUT2D eigenvalue weighted by Crippen LogP contribution is -2.51. The van der Waals surface area contributed by atoms with Gasteiger partial charge in [-0.05, 0) is 12.8 Å².